The molecule has 1 saturated carbocycles. The largest absolute Gasteiger partial charge is 0.494 e. The Balaban J connectivity index is 2.06. The third kappa shape index (κ3) is 2.24. The van der Waals surface area contributed by atoms with Gasteiger partial charge in [0, 0.05) is 6.54 Å². The summed E-state index contributed by atoms with van der Waals surface area (Å²) >= 11 is 0. The van der Waals surface area contributed by atoms with Gasteiger partial charge in [0.1, 0.15) is 0 Å². The highest BCUT2D eigenvalue weighted by Gasteiger charge is 2.40. The summed E-state index contributed by atoms with van der Waals surface area (Å²) in [6, 6.07) is 0. The Labute approximate surface area is 95.4 Å². The van der Waals surface area contributed by atoms with Crippen molar-refractivity contribution in [3.63, 3.8) is 0 Å². The van der Waals surface area contributed by atoms with Gasteiger partial charge in [0.05, 0.1) is 25.0 Å². The molecule has 1 atom stereocenters. The van der Waals surface area contributed by atoms with Crippen LogP contribution in [0.2, 0.25) is 0 Å². The van der Waals surface area contributed by atoms with Gasteiger partial charge in [-0.05, 0) is 25.7 Å². The van der Waals surface area contributed by atoms with E-state index in [4.69, 9.17) is 10.5 Å². The van der Waals surface area contributed by atoms with E-state index < -0.39 is 0 Å². The molecule has 0 bridgehead atoms. The van der Waals surface area contributed by atoms with E-state index >= 15 is 0 Å². The molecule has 1 aliphatic carbocycles. The number of hydrogen-bond donors (Lipinski definition) is 2. The van der Waals surface area contributed by atoms with Crippen LogP contribution < -0.4 is 15.8 Å². The van der Waals surface area contributed by atoms with E-state index in [0.29, 0.717) is 24.2 Å². The van der Waals surface area contributed by atoms with Crippen LogP contribution in [0.3, 0.4) is 0 Å². The summed E-state index contributed by atoms with van der Waals surface area (Å²) < 4.78 is 5.01. The molecule has 5 heteroatoms. The van der Waals surface area contributed by atoms with Gasteiger partial charge in [0.25, 0.3) is 0 Å². The van der Waals surface area contributed by atoms with Gasteiger partial charge in [0.2, 0.25) is 5.95 Å². The van der Waals surface area contributed by atoms with E-state index in [1.807, 2.05) is 0 Å². The van der Waals surface area contributed by atoms with Crippen LogP contribution in [0.15, 0.2) is 12.4 Å². The highest BCUT2D eigenvalue weighted by atomic mass is 16.5. The summed E-state index contributed by atoms with van der Waals surface area (Å²) in [7, 11) is 1.60. The minimum Gasteiger partial charge on any atom is -0.494 e. The smallest absolute Gasteiger partial charge is 0.223 e. The maximum atomic E-state index is 5.81. The highest BCUT2D eigenvalue weighted by molar-refractivity contribution is 5.32. The third-order valence-corrected chi connectivity index (χ3v) is 3.16. The van der Waals surface area contributed by atoms with Gasteiger partial charge in [-0.25, -0.2) is 9.97 Å². The number of ether oxygens (including phenoxy) is 1. The third-order valence-electron chi connectivity index (χ3n) is 3.16. The summed E-state index contributed by atoms with van der Waals surface area (Å²) in [5.74, 6) is 1.91. The number of nitrogens with zero attached hydrogens (tertiary/aromatic N) is 2. The molecule has 1 heterocycles. The van der Waals surface area contributed by atoms with Crippen LogP contribution in [-0.4, -0.2) is 29.2 Å². The zero-order valence-corrected chi connectivity index (χ0v) is 9.73. The lowest BCUT2D eigenvalue weighted by Crippen LogP contribution is -2.45. The molecule has 1 aromatic rings. The molecule has 1 fully saturated rings. The summed E-state index contributed by atoms with van der Waals surface area (Å²) in [5.41, 5.74) is 5.72. The van der Waals surface area contributed by atoms with Crippen LogP contribution in [0.1, 0.15) is 19.8 Å². The second-order valence-corrected chi connectivity index (χ2v) is 4.47. The van der Waals surface area contributed by atoms with Crippen molar-refractivity contribution in [2.75, 3.05) is 19.0 Å². The van der Waals surface area contributed by atoms with Crippen LogP contribution in [0.5, 0.6) is 5.75 Å². The van der Waals surface area contributed by atoms with E-state index in [-0.39, 0.29) is 5.54 Å². The minimum atomic E-state index is -0.0887. The lowest BCUT2D eigenvalue weighted by atomic mass is 9.96. The Morgan fingerprint density at radius 2 is 2.12 bits per heavy atom. The van der Waals surface area contributed by atoms with E-state index in [1.165, 1.54) is 12.8 Å². The first kappa shape index (κ1) is 11.1. The Morgan fingerprint density at radius 1 is 1.50 bits per heavy atom. The van der Waals surface area contributed by atoms with Crippen molar-refractivity contribution < 1.29 is 4.74 Å². The molecule has 88 valence electrons. The number of rotatable bonds is 5. The van der Waals surface area contributed by atoms with E-state index in [9.17, 15) is 0 Å². The molecule has 1 unspecified atom stereocenters. The molecule has 1 aliphatic rings. The predicted octanol–water partition coefficient (Wildman–Crippen LogP) is 1.02. The summed E-state index contributed by atoms with van der Waals surface area (Å²) in [6.07, 6.45) is 5.77. The fourth-order valence-corrected chi connectivity index (χ4v) is 1.78. The van der Waals surface area contributed by atoms with Crippen LogP contribution in [-0.2, 0) is 0 Å². The van der Waals surface area contributed by atoms with E-state index in [2.05, 4.69) is 22.2 Å². The monoisotopic (exact) mass is 222 g/mol. The summed E-state index contributed by atoms with van der Waals surface area (Å²) in [5, 5.41) is 3.32. The molecule has 0 amide bonds. The van der Waals surface area contributed by atoms with Gasteiger partial charge in [0.15, 0.2) is 5.75 Å². The molecule has 16 heavy (non-hydrogen) atoms. The van der Waals surface area contributed by atoms with Crippen molar-refractivity contribution in [1.82, 2.24) is 9.97 Å². The quantitative estimate of drug-likeness (QED) is 0.778. The van der Waals surface area contributed by atoms with Crippen LogP contribution in [0, 0.1) is 5.92 Å². The molecule has 0 aromatic carbocycles. The topological polar surface area (TPSA) is 73.1 Å². The van der Waals surface area contributed by atoms with Crippen molar-refractivity contribution in [3.05, 3.63) is 12.4 Å². The van der Waals surface area contributed by atoms with Gasteiger partial charge in [-0.3, -0.25) is 0 Å². The summed E-state index contributed by atoms with van der Waals surface area (Å²) in [4.78, 5) is 8.38. The minimum absolute atomic E-state index is 0.0887. The number of nitrogens with one attached hydrogen (secondary N) is 1. The van der Waals surface area contributed by atoms with Crippen LogP contribution >= 0.6 is 0 Å². The van der Waals surface area contributed by atoms with Crippen molar-refractivity contribution in [3.8, 4) is 5.75 Å². The fraction of sp³-hybridized carbons (Fsp3) is 0.636. The molecule has 5 nitrogen and oxygen atoms in total. The zero-order chi connectivity index (χ0) is 11.6. The van der Waals surface area contributed by atoms with Gasteiger partial charge in [-0.2, -0.15) is 0 Å². The highest BCUT2D eigenvalue weighted by Crippen LogP contribution is 2.40. The number of methoxy groups -OCH3 is 1. The Kier molecular flexibility index (Phi) is 2.96. The van der Waals surface area contributed by atoms with Crippen molar-refractivity contribution in [2.45, 2.75) is 25.3 Å². The van der Waals surface area contributed by atoms with Crippen LogP contribution in [0.4, 0.5) is 5.95 Å². The average molecular weight is 222 g/mol. The molecular formula is C11H18N4O. The lowest BCUT2D eigenvalue weighted by Gasteiger charge is -2.29. The molecule has 2 rings (SSSR count). The van der Waals surface area contributed by atoms with Gasteiger partial charge < -0.3 is 15.8 Å². The standard InChI is InChI=1S/C11H18N4O/c1-11(7-12,8-3-4-8)15-10-13-5-9(16-2)6-14-10/h5-6,8H,3-4,7,12H2,1-2H3,(H,13,14,15). The normalized spacial score (nSPS) is 18.9. The SMILES string of the molecule is COc1cnc(NC(C)(CN)C2CC2)nc1. The van der Waals surface area contributed by atoms with Crippen molar-refractivity contribution >= 4 is 5.95 Å². The Bertz CT molecular complexity index is 350. The number of nitrogens with two attached hydrogens (primary N) is 1. The van der Waals surface area contributed by atoms with E-state index in [0.717, 1.165) is 0 Å². The first-order valence-corrected chi connectivity index (χ1v) is 5.52. The van der Waals surface area contributed by atoms with Gasteiger partial charge in [-0.15, -0.1) is 0 Å². The second-order valence-electron chi connectivity index (χ2n) is 4.47. The number of aromatic nitrogens is 2. The van der Waals surface area contributed by atoms with E-state index in [1.54, 1.807) is 19.5 Å². The molecule has 3 N–H and O–H groups in total. The number of hydrogen-bond acceptors (Lipinski definition) is 5. The molecule has 1 aromatic heterocycles. The average Bonchev–Trinajstić information content (AvgIpc) is 3.14. The molecule has 0 radical (unpaired) electrons. The molecule has 0 spiro atoms. The fourth-order valence-electron chi connectivity index (χ4n) is 1.78. The summed E-state index contributed by atoms with van der Waals surface area (Å²) in [6.45, 7) is 2.71. The lowest BCUT2D eigenvalue weighted by molar-refractivity contribution is 0.410. The predicted molar refractivity (Wildman–Crippen MR) is 62.4 cm³/mol. The van der Waals surface area contributed by atoms with Gasteiger partial charge >= 0.3 is 0 Å². The molecular weight excluding hydrogens is 204 g/mol. The van der Waals surface area contributed by atoms with Crippen molar-refractivity contribution in [1.29, 1.82) is 0 Å². The Morgan fingerprint density at radius 3 is 2.56 bits per heavy atom. The maximum absolute atomic E-state index is 5.81. The first-order chi connectivity index (χ1) is 7.68. The Hall–Kier alpha value is -1.36. The second kappa shape index (κ2) is 4.25. The molecule has 0 aliphatic heterocycles. The van der Waals surface area contributed by atoms with Crippen molar-refractivity contribution in [2.24, 2.45) is 11.7 Å². The van der Waals surface area contributed by atoms with Crippen LogP contribution in [0.25, 0.3) is 0 Å². The number of anilines is 1. The van der Waals surface area contributed by atoms with Gasteiger partial charge in [-0.1, -0.05) is 0 Å². The molecule has 0 saturated heterocycles. The maximum Gasteiger partial charge on any atom is 0.223 e. The zero-order valence-electron chi connectivity index (χ0n) is 9.73. The first-order valence-electron chi connectivity index (χ1n) is 5.52.